The van der Waals surface area contributed by atoms with E-state index in [0.717, 1.165) is 25.7 Å². The molecule has 0 radical (unpaired) electrons. The Morgan fingerprint density at radius 2 is 2.14 bits per heavy atom. The summed E-state index contributed by atoms with van der Waals surface area (Å²) in [6, 6.07) is 0. The van der Waals surface area contributed by atoms with Crippen molar-refractivity contribution in [3.8, 4) is 0 Å². The lowest BCUT2D eigenvalue weighted by Gasteiger charge is -2.33. The van der Waals surface area contributed by atoms with Crippen LogP contribution in [-0.4, -0.2) is 22.3 Å². The van der Waals surface area contributed by atoms with Crippen LogP contribution in [0.5, 0.6) is 0 Å². The van der Waals surface area contributed by atoms with E-state index in [-0.39, 0.29) is 16.6 Å². The number of imide groups is 1. The van der Waals surface area contributed by atoms with E-state index in [0.29, 0.717) is 5.75 Å². The Hall–Kier alpha value is -0.510. The van der Waals surface area contributed by atoms with Gasteiger partial charge >= 0.3 is 0 Å². The molecule has 0 aromatic carbocycles. The van der Waals surface area contributed by atoms with Gasteiger partial charge in [-0.1, -0.05) is 26.7 Å². The second kappa shape index (κ2) is 4.82. The van der Waals surface area contributed by atoms with Gasteiger partial charge in [-0.25, -0.2) is 0 Å². The molecule has 0 aliphatic carbocycles. The van der Waals surface area contributed by atoms with E-state index in [4.69, 9.17) is 0 Å². The van der Waals surface area contributed by atoms with Crippen LogP contribution in [0.3, 0.4) is 0 Å². The molecule has 1 N–H and O–H groups in total. The summed E-state index contributed by atoms with van der Waals surface area (Å²) in [4.78, 5) is 22.7. The summed E-state index contributed by atoms with van der Waals surface area (Å²) in [5.74, 6) is 0.179. The maximum Gasteiger partial charge on any atom is 0.242 e. The molecule has 1 fully saturated rings. The number of thioether (sulfide) groups is 1. The molecule has 2 amide bonds. The summed E-state index contributed by atoms with van der Waals surface area (Å²) in [6.07, 6.45) is 3.81. The fourth-order valence-corrected chi connectivity index (χ4v) is 2.79. The Bertz CT molecular complexity index is 242. The van der Waals surface area contributed by atoms with Gasteiger partial charge in [-0.15, -0.1) is 11.8 Å². The van der Waals surface area contributed by atoms with E-state index in [2.05, 4.69) is 12.2 Å². The molecule has 1 heterocycles. The van der Waals surface area contributed by atoms with Gasteiger partial charge in [0.15, 0.2) is 0 Å². The third-order valence-corrected chi connectivity index (χ3v) is 4.29. The molecule has 0 aromatic heterocycles. The molecule has 1 saturated heterocycles. The third kappa shape index (κ3) is 2.29. The van der Waals surface area contributed by atoms with Gasteiger partial charge in [-0.05, 0) is 12.8 Å². The maximum atomic E-state index is 11.7. The summed E-state index contributed by atoms with van der Waals surface area (Å²) in [5.41, 5.74) is 0. The Morgan fingerprint density at radius 1 is 1.43 bits per heavy atom. The van der Waals surface area contributed by atoms with Crippen LogP contribution < -0.4 is 5.32 Å². The van der Waals surface area contributed by atoms with Crippen LogP contribution in [-0.2, 0) is 9.59 Å². The fourth-order valence-electron chi connectivity index (χ4n) is 1.63. The first kappa shape index (κ1) is 11.6. The largest absolute Gasteiger partial charge is 0.295 e. The molecule has 1 rings (SSSR count). The van der Waals surface area contributed by atoms with Crippen LogP contribution in [0.1, 0.15) is 39.5 Å². The second-order valence-electron chi connectivity index (χ2n) is 3.62. The molecule has 4 heteroatoms. The Balaban J connectivity index is 2.67. The van der Waals surface area contributed by atoms with E-state index in [9.17, 15) is 9.59 Å². The van der Waals surface area contributed by atoms with Gasteiger partial charge in [0, 0.05) is 0 Å². The Morgan fingerprint density at radius 3 is 2.64 bits per heavy atom. The van der Waals surface area contributed by atoms with Crippen molar-refractivity contribution in [1.82, 2.24) is 5.32 Å². The van der Waals surface area contributed by atoms with Gasteiger partial charge in [-0.3, -0.25) is 14.9 Å². The molecular formula is C10H17NO2S. The van der Waals surface area contributed by atoms with Crippen molar-refractivity contribution in [1.29, 1.82) is 0 Å². The minimum Gasteiger partial charge on any atom is -0.295 e. The monoisotopic (exact) mass is 215 g/mol. The van der Waals surface area contributed by atoms with Gasteiger partial charge < -0.3 is 0 Å². The highest BCUT2D eigenvalue weighted by Crippen LogP contribution is 2.36. The molecule has 0 aromatic rings. The molecule has 3 nitrogen and oxygen atoms in total. The number of carbonyl (C=O) groups is 2. The van der Waals surface area contributed by atoms with Crippen molar-refractivity contribution < 1.29 is 9.59 Å². The van der Waals surface area contributed by atoms with Crippen LogP contribution in [0, 0.1) is 0 Å². The highest BCUT2D eigenvalue weighted by Gasteiger charge is 2.41. The minimum atomic E-state index is -0.343. The van der Waals surface area contributed by atoms with Gasteiger partial charge in [0.2, 0.25) is 11.8 Å². The van der Waals surface area contributed by atoms with Crippen LogP contribution in [0.25, 0.3) is 0 Å². The van der Waals surface area contributed by atoms with E-state index in [1.165, 1.54) is 11.8 Å². The highest BCUT2D eigenvalue weighted by atomic mass is 32.2. The Labute approximate surface area is 89.0 Å². The first-order valence-corrected chi connectivity index (χ1v) is 6.11. The molecule has 1 aliphatic rings. The van der Waals surface area contributed by atoms with Crippen LogP contribution in [0.4, 0.5) is 0 Å². The number of carbonyl (C=O) groups excluding carboxylic acids is 2. The van der Waals surface area contributed by atoms with Crippen molar-refractivity contribution in [2.24, 2.45) is 0 Å². The van der Waals surface area contributed by atoms with Crippen molar-refractivity contribution in [2.75, 3.05) is 5.75 Å². The summed E-state index contributed by atoms with van der Waals surface area (Å²) in [7, 11) is 0. The topological polar surface area (TPSA) is 46.2 Å². The average molecular weight is 215 g/mol. The van der Waals surface area contributed by atoms with Gasteiger partial charge in [-0.2, -0.15) is 0 Å². The number of rotatable bonds is 4. The molecule has 0 spiro atoms. The zero-order valence-corrected chi connectivity index (χ0v) is 9.58. The van der Waals surface area contributed by atoms with E-state index in [1.54, 1.807) is 0 Å². The quantitative estimate of drug-likeness (QED) is 0.726. The van der Waals surface area contributed by atoms with Crippen molar-refractivity contribution in [3.05, 3.63) is 0 Å². The molecule has 0 unspecified atom stereocenters. The molecule has 14 heavy (non-hydrogen) atoms. The summed E-state index contributed by atoms with van der Waals surface area (Å²) in [6.45, 7) is 4.12. The van der Waals surface area contributed by atoms with Crippen LogP contribution >= 0.6 is 11.8 Å². The second-order valence-corrected chi connectivity index (χ2v) is 4.98. The first-order chi connectivity index (χ1) is 6.64. The van der Waals surface area contributed by atoms with E-state index < -0.39 is 0 Å². The number of hydrogen-bond donors (Lipinski definition) is 1. The highest BCUT2D eigenvalue weighted by molar-refractivity contribution is 8.02. The predicted molar refractivity (Wildman–Crippen MR) is 58.2 cm³/mol. The summed E-state index contributed by atoms with van der Waals surface area (Å²) >= 11 is 1.51. The maximum absolute atomic E-state index is 11.7. The standard InChI is InChI=1S/C10H17NO2S/c1-3-5-6-10(4-2)9(13)11-8(12)7-14-10/h3-7H2,1-2H3,(H,11,12,13)/t10-/m0/s1. The minimum absolute atomic E-state index is 0.0882. The fraction of sp³-hybridized carbons (Fsp3) is 0.800. The molecular weight excluding hydrogens is 198 g/mol. The molecule has 80 valence electrons. The summed E-state index contributed by atoms with van der Waals surface area (Å²) < 4.78 is -0.343. The zero-order valence-electron chi connectivity index (χ0n) is 8.76. The van der Waals surface area contributed by atoms with Crippen LogP contribution in [0.15, 0.2) is 0 Å². The van der Waals surface area contributed by atoms with Crippen LogP contribution in [0.2, 0.25) is 0 Å². The Kier molecular flexibility index (Phi) is 3.98. The van der Waals surface area contributed by atoms with Gasteiger partial charge in [0.25, 0.3) is 0 Å². The van der Waals surface area contributed by atoms with Gasteiger partial charge in [0.05, 0.1) is 10.5 Å². The van der Waals surface area contributed by atoms with E-state index >= 15 is 0 Å². The van der Waals surface area contributed by atoms with Crippen molar-refractivity contribution in [2.45, 2.75) is 44.3 Å². The number of amides is 2. The molecule has 0 saturated carbocycles. The number of hydrogen-bond acceptors (Lipinski definition) is 3. The van der Waals surface area contributed by atoms with Crippen molar-refractivity contribution >= 4 is 23.6 Å². The normalized spacial score (nSPS) is 27.6. The molecule has 1 aliphatic heterocycles. The molecule has 0 bridgehead atoms. The zero-order chi connectivity index (χ0) is 10.6. The average Bonchev–Trinajstić information content (AvgIpc) is 2.18. The van der Waals surface area contributed by atoms with Crippen molar-refractivity contribution in [3.63, 3.8) is 0 Å². The lowest BCUT2D eigenvalue weighted by Crippen LogP contribution is -2.51. The molecule has 1 atom stereocenters. The SMILES string of the molecule is CCCC[C@]1(CC)SCC(=O)NC1=O. The van der Waals surface area contributed by atoms with Gasteiger partial charge in [0.1, 0.15) is 0 Å². The smallest absolute Gasteiger partial charge is 0.242 e. The lowest BCUT2D eigenvalue weighted by molar-refractivity contribution is -0.131. The number of unbranched alkanes of at least 4 members (excludes halogenated alkanes) is 1. The third-order valence-electron chi connectivity index (χ3n) is 2.65. The summed E-state index contributed by atoms with van der Waals surface area (Å²) in [5, 5.41) is 2.43. The predicted octanol–water partition coefficient (Wildman–Crippen LogP) is 1.71. The van der Waals surface area contributed by atoms with E-state index in [1.807, 2.05) is 6.92 Å². The number of nitrogens with one attached hydrogen (secondary N) is 1. The lowest BCUT2D eigenvalue weighted by atomic mass is 9.97. The first-order valence-electron chi connectivity index (χ1n) is 5.13.